The van der Waals surface area contributed by atoms with Crippen LogP contribution in [0.25, 0.3) is 16.7 Å². The molecule has 0 aliphatic rings. The topological polar surface area (TPSA) is 60.6 Å². The molecule has 0 saturated heterocycles. The molecule has 0 N–H and O–H groups in total. The van der Waals surface area contributed by atoms with Crippen molar-refractivity contribution in [3.8, 4) is 0 Å². The van der Waals surface area contributed by atoms with Crippen LogP contribution in [0.3, 0.4) is 0 Å². The van der Waals surface area contributed by atoms with Crippen LogP contribution in [0.1, 0.15) is 5.76 Å². The Morgan fingerprint density at radius 1 is 1.32 bits per heavy atom. The molecule has 3 heterocycles. The molecule has 0 aliphatic heterocycles. The number of halogens is 1. The lowest BCUT2D eigenvalue weighted by molar-refractivity contribution is 0.225. The number of furan rings is 1. The lowest BCUT2D eigenvalue weighted by Gasteiger charge is -2.14. The average molecular weight is 460 g/mol. The Morgan fingerprint density at radius 2 is 2.11 bits per heavy atom. The highest BCUT2D eigenvalue weighted by atomic mass is 79.9. The highest BCUT2D eigenvalue weighted by Crippen LogP contribution is 2.17. The van der Waals surface area contributed by atoms with E-state index in [9.17, 15) is 4.79 Å². The molecular formula is C19H18BrN5O2S. The first-order valence-electron chi connectivity index (χ1n) is 8.64. The maximum Gasteiger partial charge on any atom is 0.263 e. The summed E-state index contributed by atoms with van der Waals surface area (Å²) in [4.78, 5) is 14.9. The van der Waals surface area contributed by atoms with Gasteiger partial charge in [0.15, 0.2) is 4.67 Å². The van der Waals surface area contributed by atoms with E-state index in [-0.39, 0.29) is 5.56 Å². The Hall–Kier alpha value is -2.49. The van der Waals surface area contributed by atoms with Gasteiger partial charge in [-0.2, -0.15) is 0 Å². The van der Waals surface area contributed by atoms with Crippen LogP contribution >= 0.6 is 28.1 Å². The molecule has 7 nitrogen and oxygen atoms in total. The van der Waals surface area contributed by atoms with Gasteiger partial charge in [-0.15, -0.1) is 11.7 Å². The second-order valence-electron chi connectivity index (χ2n) is 6.50. The molecule has 0 aliphatic carbocycles. The summed E-state index contributed by atoms with van der Waals surface area (Å²) in [7, 11) is 1.96. The Kier molecular flexibility index (Phi) is 5.05. The van der Waals surface area contributed by atoms with Crippen molar-refractivity contribution in [2.75, 3.05) is 7.05 Å². The summed E-state index contributed by atoms with van der Waals surface area (Å²) in [6.07, 6.45) is 1.68. The van der Waals surface area contributed by atoms with Gasteiger partial charge in [0.2, 0.25) is 10.5 Å². The summed E-state index contributed by atoms with van der Waals surface area (Å²) in [6.45, 7) is 5.17. The zero-order valence-electron chi connectivity index (χ0n) is 15.2. The molecule has 4 aromatic rings. The SMILES string of the molecule is C=CCn1c(=O)c2ccccc2n2c(=S)n(CN(C)Cc3ccc(Br)o3)nc12. The number of para-hydroxylation sites is 1. The molecule has 3 aromatic heterocycles. The zero-order valence-corrected chi connectivity index (χ0v) is 17.6. The molecule has 4 rings (SSSR count). The lowest BCUT2D eigenvalue weighted by Crippen LogP contribution is -2.23. The predicted octanol–water partition coefficient (Wildman–Crippen LogP) is 3.81. The number of hydrogen-bond donors (Lipinski definition) is 0. The first kappa shape index (κ1) is 18.9. The van der Waals surface area contributed by atoms with Crippen molar-refractivity contribution in [1.29, 1.82) is 0 Å². The minimum absolute atomic E-state index is 0.107. The van der Waals surface area contributed by atoms with Crippen LogP contribution in [-0.4, -0.2) is 30.7 Å². The van der Waals surface area contributed by atoms with Gasteiger partial charge in [0.05, 0.1) is 24.1 Å². The molecular weight excluding hydrogens is 442 g/mol. The number of rotatable bonds is 6. The Balaban J connectivity index is 1.82. The molecule has 0 fully saturated rings. The maximum atomic E-state index is 12.9. The third kappa shape index (κ3) is 3.25. The Bertz CT molecular complexity index is 1300. The summed E-state index contributed by atoms with van der Waals surface area (Å²) >= 11 is 9.01. The summed E-state index contributed by atoms with van der Waals surface area (Å²) in [5.41, 5.74) is 0.639. The van der Waals surface area contributed by atoms with Crippen LogP contribution < -0.4 is 5.56 Å². The van der Waals surface area contributed by atoms with Gasteiger partial charge < -0.3 is 4.42 Å². The van der Waals surface area contributed by atoms with E-state index in [2.05, 4.69) is 27.6 Å². The van der Waals surface area contributed by atoms with Gasteiger partial charge in [-0.05, 0) is 59.5 Å². The molecule has 0 spiro atoms. The van der Waals surface area contributed by atoms with Crippen LogP contribution in [0, 0.1) is 4.77 Å². The molecule has 144 valence electrons. The fraction of sp³-hybridized carbons (Fsp3) is 0.211. The molecule has 9 heteroatoms. The van der Waals surface area contributed by atoms with Gasteiger partial charge in [-0.3, -0.25) is 18.7 Å². The highest BCUT2D eigenvalue weighted by Gasteiger charge is 2.16. The number of benzene rings is 1. The fourth-order valence-electron chi connectivity index (χ4n) is 3.23. The van der Waals surface area contributed by atoms with Crippen LogP contribution in [0.2, 0.25) is 0 Å². The van der Waals surface area contributed by atoms with Gasteiger partial charge in [-0.1, -0.05) is 18.2 Å². The number of hydrogen-bond acceptors (Lipinski definition) is 5. The van der Waals surface area contributed by atoms with Crippen LogP contribution in [0.15, 0.2) is 62.9 Å². The van der Waals surface area contributed by atoms with E-state index in [4.69, 9.17) is 16.6 Å². The van der Waals surface area contributed by atoms with Crippen LogP contribution in [0.5, 0.6) is 0 Å². The average Bonchev–Trinajstić information content (AvgIpc) is 3.22. The minimum Gasteiger partial charge on any atom is -0.453 e. The molecule has 0 amide bonds. The molecule has 0 saturated carbocycles. The van der Waals surface area contributed by atoms with Crippen LogP contribution in [0.4, 0.5) is 0 Å². The third-order valence-electron chi connectivity index (χ3n) is 4.43. The normalized spacial score (nSPS) is 11.7. The minimum atomic E-state index is -0.107. The summed E-state index contributed by atoms with van der Waals surface area (Å²) in [5.74, 6) is 1.33. The predicted molar refractivity (Wildman–Crippen MR) is 114 cm³/mol. The summed E-state index contributed by atoms with van der Waals surface area (Å²) in [6, 6.07) is 11.2. The molecule has 0 radical (unpaired) electrons. The van der Waals surface area contributed by atoms with Crippen molar-refractivity contribution in [3.63, 3.8) is 0 Å². The van der Waals surface area contributed by atoms with Gasteiger partial charge in [0, 0.05) is 6.54 Å². The van der Waals surface area contributed by atoms with E-state index in [0.29, 0.717) is 40.4 Å². The number of aromatic nitrogens is 4. The second-order valence-corrected chi connectivity index (χ2v) is 7.65. The molecule has 1 aromatic carbocycles. The second kappa shape index (κ2) is 7.50. The molecule has 0 atom stereocenters. The molecule has 0 unspecified atom stereocenters. The van der Waals surface area contributed by atoms with Gasteiger partial charge in [0.25, 0.3) is 5.56 Å². The smallest absolute Gasteiger partial charge is 0.263 e. The van der Waals surface area contributed by atoms with Crippen molar-refractivity contribution < 1.29 is 4.42 Å². The first-order chi connectivity index (χ1) is 13.5. The monoisotopic (exact) mass is 459 g/mol. The van der Waals surface area contributed by atoms with Gasteiger partial charge >= 0.3 is 0 Å². The third-order valence-corrected chi connectivity index (χ3v) is 5.25. The Morgan fingerprint density at radius 3 is 2.82 bits per heavy atom. The van der Waals surface area contributed by atoms with Gasteiger partial charge in [-0.25, -0.2) is 4.68 Å². The van der Waals surface area contributed by atoms with E-state index in [1.807, 2.05) is 46.7 Å². The molecule has 0 bridgehead atoms. The maximum absolute atomic E-state index is 12.9. The van der Waals surface area contributed by atoms with Crippen molar-refractivity contribution in [2.45, 2.75) is 19.8 Å². The number of allylic oxidation sites excluding steroid dienone is 1. The lowest BCUT2D eigenvalue weighted by atomic mass is 10.2. The van der Waals surface area contributed by atoms with E-state index in [0.717, 1.165) is 11.3 Å². The van der Waals surface area contributed by atoms with Crippen molar-refractivity contribution in [2.24, 2.45) is 0 Å². The van der Waals surface area contributed by atoms with E-state index < -0.39 is 0 Å². The Labute approximate surface area is 174 Å². The van der Waals surface area contributed by atoms with Crippen molar-refractivity contribution in [1.82, 2.24) is 23.6 Å². The first-order valence-corrected chi connectivity index (χ1v) is 9.84. The van der Waals surface area contributed by atoms with Crippen molar-refractivity contribution in [3.05, 3.63) is 74.6 Å². The zero-order chi connectivity index (χ0) is 19.8. The largest absolute Gasteiger partial charge is 0.453 e. The number of fused-ring (bicyclic) bond motifs is 3. The van der Waals surface area contributed by atoms with Crippen molar-refractivity contribution >= 4 is 44.8 Å². The van der Waals surface area contributed by atoms with Crippen LogP contribution in [-0.2, 0) is 19.8 Å². The fourth-order valence-corrected chi connectivity index (χ4v) is 3.85. The highest BCUT2D eigenvalue weighted by molar-refractivity contribution is 9.10. The quantitative estimate of drug-likeness (QED) is 0.324. The standard InChI is InChI=1S/C19H18BrN5O2S/c1-3-10-23-17(26)14-6-4-5-7-15(14)25-18(23)21-24(19(25)28)12-22(2)11-13-8-9-16(20)27-13/h3-9H,1,10-12H2,2H3. The number of nitrogens with zero attached hydrogens (tertiary/aromatic N) is 5. The van der Waals surface area contributed by atoms with E-state index in [1.165, 1.54) is 0 Å². The molecule has 28 heavy (non-hydrogen) atoms. The van der Waals surface area contributed by atoms with Gasteiger partial charge in [0.1, 0.15) is 5.76 Å². The van der Waals surface area contributed by atoms with E-state index >= 15 is 0 Å². The summed E-state index contributed by atoms with van der Waals surface area (Å²) < 4.78 is 11.9. The van der Waals surface area contributed by atoms with E-state index in [1.54, 1.807) is 21.4 Å². The summed E-state index contributed by atoms with van der Waals surface area (Å²) in [5, 5.41) is 5.24.